The number of para-hydroxylation sites is 1. The van der Waals surface area contributed by atoms with Gasteiger partial charge in [0.2, 0.25) is 0 Å². The van der Waals surface area contributed by atoms with Gasteiger partial charge in [0.15, 0.2) is 0 Å². The van der Waals surface area contributed by atoms with E-state index in [1.54, 1.807) is 0 Å². The quantitative estimate of drug-likeness (QED) is 0.554. The highest BCUT2D eigenvalue weighted by Crippen LogP contribution is 2.35. The van der Waals surface area contributed by atoms with Crippen LogP contribution in [0.4, 0.5) is 5.69 Å². The summed E-state index contributed by atoms with van der Waals surface area (Å²) in [5, 5.41) is 2.57. The molecule has 0 saturated heterocycles. The van der Waals surface area contributed by atoms with Crippen LogP contribution in [0.1, 0.15) is 17.2 Å². The van der Waals surface area contributed by atoms with Gasteiger partial charge >= 0.3 is 0 Å². The molecule has 3 aromatic carbocycles. The average molecular weight is 377 g/mol. The Hall–Kier alpha value is -2.39. The molecular weight excluding hydrogens is 360 g/mol. The lowest BCUT2D eigenvalue weighted by Gasteiger charge is -2.24. The molecule has 0 fully saturated rings. The van der Waals surface area contributed by atoms with Gasteiger partial charge in [-0.3, -0.25) is 4.99 Å². The molecule has 0 saturated carbocycles. The first kappa shape index (κ1) is 15.2. The van der Waals surface area contributed by atoms with Gasteiger partial charge in [-0.15, -0.1) is 17.0 Å². The summed E-state index contributed by atoms with van der Waals surface area (Å²) in [6, 6.07) is 23.9. The number of halogens is 1. The molecular formula is C21H17BrN2. The summed E-state index contributed by atoms with van der Waals surface area (Å²) in [5.41, 5.74) is 3.82. The van der Waals surface area contributed by atoms with Crippen molar-refractivity contribution in [1.29, 1.82) is 0 Å². The van der Waals surface area contributed by atoms with Crippen molar-refractivity contribution in [2.24, 2.45) is 4.99 Å². The SMILES string of the molecule is Br.C1=Cc2ccccc2N2CC(c3ccc4ccccc4c3)N=C12. The predicted molar refractivity (Wildman–Crippen MR) is 107 cm³/mol. The van der Waals surface area contributed by atoms with Crippen LogP contribution < -0.4 is 4.90 Å². The number of anilines is 1. The number of hydrogen-bond donors (Lipinski definition) is 0. The Morgan fingerprint density at radius 3 is 2.54 bits per heavy atom. The second kappa shape index (κ2) is 5.91. The molecule has 118 valence electrons. The molecule has 0 radical (unpaired) electrons. The maximum Gasteiger partial charge on any atom is 0.128 e. The summed E-state index contributed by atoms with van der Waals surface area (Å²) in [4.78, 5) is 7.27. The van der Waals surface area contributed by atoms with Gasteiger partial charge in [0.1, 0.15) is 5.84 Å². The van der Waals surface area contributed by atoms with E-state index in [9.17, 15) is 0 Å². The van der Waals surface area contributed by atoms with Gasteiger partial charge in [0, 0.05) is 5.69 Å². The van der Waals surface area contributed by atoms with Crippen LogP contribution in [0.15, 0.2) is 77.8 Å². The van der Waals surface area contributed by atoms with Crippen LogP contribution >= 0.6 is 17.0 Å². The number of nitrogens with zero attached hydrogens (tertiary/aromatic N) is 2. The molecule has 0 aliphatic carbocycles. The summed E-state index contributed by atoms with van der Waals surface area (Å²) >= 11 is 0. The van der Waals surface area contributed by atoms with Crippen molar-refractivity contribution in [2.75, 3.05) is 11.4 Å². The topological polar surface area (TPSA) is 15.6 Å². The maximum atomic E-state index is 4.94. The highest BCUT2D eigenvalue weighted by molar-refractivity contribution is 8.93. The number of fused-ring (bicyclic) bond motifs is 4. The van der Waals surface area contributed by atoms with E-state index < -0.39 is 0 Å². The van der Waals surface area contributed by atoms with Gasteiger partial charge in [0.05, 0.1) is 12.6 Å². The summed E-state index contributed by atoms with van der Waals surface area (Å²) in [7, 11) is 0. The lowest BCUT2D eigenvalue weighted by Crippen LogP contribution is -2.28. The first-order chi connectivity index (χ1) is 11.4. The third-order valence-electron chi connectivity index (χ3n) is 4.72. The van der Waals surface area contributed by atoms with Gasteiger partial charge in [-0.25, -0.2) is 0 Å². The molecule has 2 nitrogen and oxygen atoms in total. The van der Waals surface area contributed by atoms with E-state index >= 15 is 0 Å². The maximum absolute atomic E-state index is 4.94. The standard InChI is InChI=1S/C21H16N2.BrH/c1-2-7-17-13-18(10-9-15(17)5-1)19-14-23-20-8-4-3-6-16(20)11-12-21(23)22-19;/h1-13,19H,14H2;1H. The number of hydrogen-bond acceptors (Lipinski definition) is 2. The minimum Gasteiger partial charge on any atom is -0.324 e. The first-order valence-electron chi connectivity index (χ1n) is 8.00. The van der Waals surface area contributed by atoms with Crippen LogP contribution in [0.5, 0.6) is 0 Å². The minimum absolute atomic E-state index is 0. The van der Waals surface area contributed by atoms with Crippen molar-refractivity contribution in [3.05, 3.63) is 83.9 Å². The molecule has 3 heteroatoms. The van der Waals surface area contributed by atoms with Gasteiger partial charge in [-0.1, -0.05) is 54.6 Å². The van der Waals surface area contributed by atoms with Crippen LogP contribution in [0.3, 0.4) is 0 Å². The lowest BCUT2D eigenvalue weighted by atomic mass is 10.0. The molecule has 5 rings (SSSR count). The highest BCUT2D eigenvalue weighted by atomic mass is 79.9. The van der Waals surface area contributed by atoms with E-state index in [1.165, 1.54) is 27.6 Å². The molecule has 0 spiro atoms. The van der Waals surface area contributed by atoms with Crippen molar-refractivity contribution < 1.29 is 0 Å². The van der Waals surface area contributed by atoms with Gasteiger partial charge in [-0.05, 0) is 46.2 Å². The largest absolute Gasteiger partial charge is 0.324 e. The Bertz CT molecular complexity index is 974. The van der Waals surface area contributed by atoms with Gasteiger partial charge < -0.3 is 4.90 Å². The van der Waals surface area contributed by atoms with Gasteiger partial charge in [-0.2, -0.15) is 0 Å². The number of amidine groups is 1. The number of benzene rings is 3. The normalized spacial score (nSPS) is 17.9. The second-order valence-electron chi connectivity index (χ2n) is 6.11. The molecule has 1 unspecified atom stereocenters. The van der Waals surface area contributed by atoms with E-state index in [1.807, 2.05) is 0 Å². The Labute approximate surface area is 151 Å². The number of aliphatic imine (C=N–C) groups is 1. The Balaban J connectivity index is 0.00000146. The first-order valence-corrected chi connectivity index (χ1v) is 8.00. The molecule has 0 bridgehead atoms. The Morgan fingerprint density at radius 2 is 1.62 bits per heavy atom. The zero-order valence-electron chi connectivity index (χ0n) is 13.1. The van der Waals surface area contributed by atoms with E-state index in [0.29, 0.717) is 0 Å². The zero-order chi connectivity index (χ0) is 15.2. The molecule has 0 amide bonds. The monoisotopic (exact) mass is 376 g/mol. The van der Waals surface area contributed by atoms with Crippen molar-refractivity contribution >= 4 is 45.4 Å². The zero-order valence-corrected chi connectivity index (χ0v) is 14.8. The molecule has 0 aromatic heterocycles. The average Bonchev–Trinajstić information content (AvgIpc) is 3.06. The van der Waals surface area contributed by atoms with Crippen LogP contribution in [-0.2, 0) is 0 Å². The molecule has 2 aliphatic rings. The van der Waals surface area contributed by atoms with Crippen LogP contribution in [0.25, 0.3) is 16.8 Å². The summed E-state index contributed by atoms with van der Waals surface area (Å²) < 4.78 is 0. The molecule has 3 aromatic rings. The minimum atomic E-state index is 0. The summed E-state index contributed by atoms with van der Waals surface area (Å²) in [6.07, 6.45) is 4.29. The third-order valence-corrected chi connectivity index (χ3v) is 4.72. The highest BCUT2D eigenvalue weighted by Gasteiger charge is 2.28. The van der Waals surface area contributed by atoms with E-state index in [4.69, 9.17) is 4.99 Å². The predicted octanol–water partition coefficient (Wildman–Crippen LogP) is 5.40. The summed E-state index contributed by atoms with van der Waals surface area (Å²) in [6.45, 7) is 0.912. The summed E-state index contributed by atoms with van der Waals surface area (Å²) in [5.74, 6) is 1.07. The fourth-order valence-corrected chi connectivity index (χ4v) is 3.53. The van der Waals surface area contributed by atoms with Crippen LogP contribution in [-0.4, -0.2) is 12.4 Å². The van der Waals surface area contributed by atoms with Crippen molar-refractivity contribution in [3.8, 4) is 0 Å². The third kappa shape index (κ3) is 2.36. The molecule has 24 heavy (non-hydrogen) atoms. The molecule has 0 N–H and O–H groups in total. The second-order valence-corrected chi connectivity index (χ2v) is 6.11. The Kier molecular flexibility index (Phi) is 3.73. The Morgan fingerprint density at radius 1 is 0.833 bits per heavy atom. The van der Waals surface area contributed by atoms with E-state index in [0.717, 1.165) is 12.4 Å². The van der Waals surface area contributed by atoms with Gasteiger partial charge in [0.25, 0.3) is 0 Å². The lowest BCUT2D eigenvalue weighted by molar-refractivity contribution is 0.781. The fraction of sp³-hybridized carbons (Fsp3) is 0.0952. The van der Waals surface area contributed by atoms with Crippen molar-refractivity contribution in [2.45, 2.75) is 6.04 Å². The van der Waals surface area contributed by atoms with Crippen LogP contribution in [0.2, 0.25) is 0 Å². The fourth-order valence-electron chi connectivity index (χ4n) is 3.53. The smallest absolute Gasteiger partial charge is 0.128 e. The molecule has 1 atom stereocenters. The van der Waals surface area contributed by atoms with Crippen molar-refractivity contribution in [3.63, 3.8) is 0 Å². The van der Waals surface area contributed by atoms with E-state index in [-0.39, 0.29) is 23.0 Å². The van der Waals surface area contributed by atoms with E-state index in [2.05, 4.69) is 83.8 Å². The number of rotatable bonds is 1. The van der Waals surface area contributed by atoms with Crippen molar-refractivity contribution in [1.82, 2.24) is 0 Å². The van der Waals surface area contributed by atoms with Crippen LogP contribution in [0, 0.1) is 0 Å². The molecule has 2 heterocycles. The molecule has 2 aliphatic heterocycles.